The van der Waals surface area contributed by atoms with Crippen LogP contribution in [0.5, 0.6) is 0 Å². The van der Waals surface area contributed by atoms with E-state index < -0.39 is 0 Å². The van der Waals surface area contributed by atoms with Crippen LogP contribution in [0, 0.1) is 17.8 Å². The summed E-state index contributed by atoms with van der Waals surface area (Å²) in [5.74, 6) is -1.70. The van der Waals surface area contributed by atoms with Gasteiger partial charge in [-0.05, 0) is 32.6 Å². The van der Waals surface area contributed by atoms with Gasteiger partial charge in [0.2, 0.25) is 17.7 Å². The van der Waals surface area contributed by atoms with Gasteiger partial charge >= 0.3 is 5.97 Å². The molecule has 0 N–H and O–H groups in total. The van der Waals surface area contributed by atoms with E-state index in [4.69, 9.17) is 4.74 Å². The number of amides is 3. The molecule has 1 saturated carbocycles. The lowest BCUT2D eigenvalue weighted by Crippen LogP contribution is -2.48. The Bertz CT molecular complexity index is 552. The molecule has 3 fully saturated rings. The van der Waals surface area contributed by atoms with Crippen molar-refractivity contribution in [3.8, 4) is 0 Å². The molecule has 25 heavy (non-hydrogen) atoms. The Hall–Kier alpha value is -1.92. The van der Waals surface area contributed by atoms with Crippen molar-refractivity contribution < 1.29 is 23.9 Å². The number of ether oxygens (including phenoxy) is 1. The molecule has 0 radical (unpaired) electrons. The number of esters is 1. The molecule has 7 nitrogen and oxygen atoms in total. The van der Waals surface area contributed by atoms with Crippen LogP contribution in [0.4, 0.5) is 0 Å². The van der Waals surface area contributed by atoms with E-state index in [0.29, 0.717) is 26.1 Å². The van der Waals surface area contributed by atoms with E-state index >= 15 is 0 Å². The zero-order valence-corrected chi connectivity index (χ0v) is 14.7. The minimum Gasteiger partial charge on any atom is -0.466 e. The fourth-order valence-electron chi connectivity index (χ4n) is 4.28. The third kappa shape index (κ3) is 3.55. The molecule has 0 aromatic carbocycles. The van der Waals surface area contributed by atoms with Crippen molar-refractivity contribution in [2.24, 2.45) is 17.8 Å². The molecular formula is C18H26N2O5. The summed E-state index contributed by atoms with van der Waals surface area (Å²) < 4.78 is 5.05. The predicted octanol–water partition coefficient (Wildman–Crippen LogP) is 0.963. The number of hydrogen-bond donors (Lipinski definition) is 0. The van der Waals surface area contributed by atoms with Crippen LogP contribution in [-0.2, 0) is 23.9 Å². The van der Waals surface area contributed by atoms with Gasteiger partial charge in [0.25, 0.3) is 0 Å². The second kappa shape index (κ2) is 7.54. The highest BCUT2D eigenvalue weighted by molar-refractivity contribution is 6.07. The van der Waals surface area contributed by atoms with Gasteiger partial charge in [-0.2, -0.15) is 0 Å². The fraction of sp³-hybridized carbons (Fsp3) is 0.778. The van der Waals surface area contributed by atoms with Gasteiger partial charge in [0.1, 0.15) is 6.54 Å². The SMILES string of the molecule is CCOC(=O)C1CCCN(C(=O)CN2C(=O)C3CCCCC3C2=O)C1. The first-order chi connectivity index (χ1) is 12.0. The van der Waals surface area contributed by atoms with Gasteiger partial charge in [0.05, 0.1) is 24.4 Å². The molecule has 3 atom stereocenters. The highest BCUT2D eigenvalue weighted by atomic mass is 16.5. The minimum atomic E-state index is -0.315. The number of carbonyl (C=O) groups excluding carboxylic acids is 4. The summed E-state index contributed by atoms with van der Waals surface area (Å²) in [6, 6.07) is 0. The van der Waals surface area contributed by atoms with Crippen LogP contribution >= 0.6 is 0 Å². The van der Waals surface area contributed by atoms with Crippen LogP contribution in [-0.4, -0.2) is 59.7 Å². The molecule has 0 spiro atoms. The summed E-state index contributed by atoms with van der Waals surface area (Å²) in [5.41, 5.74) is 0. The third-order valence-electron chi connectivity index (χ3n) is 5.62. The molecule has 7 heteroatoms. The molecule has 2 saturated heterocycles. The molecule has 3 rings (SSSR count). The summed E-state index contributed by atoms with van der Waals surface area (Å²) in [7, 11) is 0. The van der Waals surface area contributed by atoms with E-state index in [2.05, 4.69) is 0 Å². The highest BCUT2D eigenvalue weighted by Crippen LogP contribution is 2.38. The largest absolute Gasteiger partial charge is 0.466 e. The summed E-state index contributed by atoms with van der Waals surface area (Å²) in [5, 5.41) is 0. The normalized spacial score (nSPS) is 29.6. The van der Waals surface area contributed by atoms with Crippen LogP contribution in [0.3, 0.4) is 0 Å². The maximum absolute atomic E-state index is 12.6. The average Bonchev–Trinajstić information content (AvgIpc) is 2.87. The highest BCUT2D eigenvalue weighted by Gasteiger charge is 2.48. The summed E-state index contributed by atoms with van der Waals surface area (Å²) in [6.45, 7) is 2.75. The molecule has 1 aliphatic carbocycles. The van der Waals surface area contributed by atoms with Gasteiger partial charge in [0.15, 0.2) is 0 Å². The van der Waals surface area contributed by atoms with Crippen molar-refractivity contribution in [1.82, 2.24) is 9.80 Å². The van der Waals surface area contributed by atoms with Crippen LogP contribution in [0.2, 0.25) is 0 Å². The molecule has 2 heterocycles. The molecule has 3 unspecified atom stereocenters. The molecular weight excluding hydrogens is 324 g/mol. The Morgan fingerprint density at radius 2 is 1.68 bits per heavy atom. The van der Waals surface area contributed by atoms with Gasteiger partial charge < -0.3 is 9.64 Å². The summed E-state index contributed by atoms with van der Waals surface area (Å²) >= 11 is 0. The van der Waals surface area contributed by atoms with E-state index in [0.717, 1.165) is 37.0 Å². The maximum atomic E-state index is 12.6. The van der Waals surface area contributed by atoms with Crippen LogP contribution in [0.25, 0.3) is 0 Å². The van der Waals surface area contributed by atoms with Gasteiger partial charge in [-0.1, -0.05) is 12.8 Å². The van der Waals surface area contributed by atoms with Crippen LogP contribution < -0.4 is 0 Å². The van der Waals surface area contributed by atoms with Gasteiger partial charge in [-0.25, -0.2) is 0 Å². The molecule has 3 aliphatic rings. The van der Waals surface area contributed by atoms with E-state index in [1.54, 1.807) is 11.8 Å². The predicted molar refractivity (Wildman–Crippen MR) is 88.1 cm³/mol. The number of nitrogens with zero attached hydrogens (tertiary/aromatic N) is 2. The Morgan fingerprint density at radius 3 is 2.28 bits per heavy atom. The lowest BCUT2D eigenvalue weighted by Gasteiger charge is -2.32. The number of piperidine rings is 1. The van der Waals surface area contributed by atoms with Crippen molar-refractivity contribution >= 4 is 23.7 Å². The zero-order chi connectivity index (χ0) is 18.0. The topological polar surface area (TPSA) is 84.0 Å². The molecule has 3 amide bonds. The van der Waals surface area contributed by atoms with Crippen molar-refractivity contribution in [2.75, 3.05) is 26.2 Å². The fourth-order valence-corrected chi connectivity index (χ4v) is 4.28. The molecule has 138 valence electrons. The number of carbonyl (C=O) groups is 4. The Morgan fingerprint density at radius 1 is 1.04 bits per heavy atom. The second-order valence-corrected chi connectivity index (χ2v) is 7.19. The minimum absolute atomic E-state index is 0.193. The van der Waals surface area contributed by atoms with E-state index in [1.807, 2.05) is 0 Å². The smallest absolute Gasteiger partial charge is 0.310 e. The van der Waals surface area contributed by atoms with Crippen molar-refractivity contribution in [3.05, 3.63) is 0 Å². The number of imide groups is 1. The number of hydrogen-bond acceptors (Lipinski definition) is 5. The van der Waals surface area contributed by atoms with Crippen LogP contribution in [0.1, 0.15) is 45.4 Å². The van der Waals surface area contributed by atoms with Crippen molar-refractivity contribution in [1.29, 1.82) is 0 Å². The van der Waals surface area contributed by atoms with Gasteiger partial charge in [0, 0.05) is 13.1 Å². The lowest BCUT2D eigenvalue weighted by molar-refractivity contribution is -0.153. The van der Waals surface area contributed by atoms with E-state index in [-0.39, 0.29) is 48.0 Å². The first-order valence-corrected chi connectivity index (χ1v) is 9.32. The number of likely N-dealkylation sites (tertiary alicyclic amines) is 2. The standard InChI is InChI=1S/C18H26N2O5/c1-2-25-18(24)12-6-5-9-19(10-12)15(21)11-20-16(22)13-7-3-4-8-14(13)17(20)23/h12-14H,2-11H2,1H3. The Labute approximate surface area is 147 Å². The third-order valence-corrected chi connectivity index (χ3v) is 5.62. The molecule has 0 bridgehead atoms. The lowest BCUT2D eigenvalue weighted by atomic mass is 9.81. The van der Waals surface area contributed by atoms with E-state index in [1.165, 1.54) is 0 Å². The Balaban J connectivity index is 1.61. The zero-order valence-electron chi connectivity index (χ0n) is 14.7. The summed E-state index contributed by atoms with van der Waals surface area (Å²) in [6.07, 6.45) is 4.85. The average molecular weight is 350 g/mol. The van der Waals surface area contributed by atoms with Crippen molar-refractivity contribution in [2.45, 2.75) is 45.4 Å². The second-order valence-electron chi connectivity index (χ2n) is 7.19. The maximum Gasteiger partial charge on any atom is 0.310 e. The summed E-state index contributed by atoms with van der Waals surface area (Å²) in [4.78, 5) is 52.2. The quantitative estimate of drug-likeness (QED) is 0.557. The Kier molecular flexibility index (Phi) is 5.39. The van der Waals surface area contributed by atoms with Gasteiger partial charge in [-0.3, -0.25) is 24.1 Å². The number of rotatable bonds is 4. The first kappa shape index (κ1) is 17.9. The molecule has 0 aromatic rings. The van der Waals surface area contributed by atoms with Crippen molar-refractivity contribution in [3.63, 3.8) is 0 Å². The monoisotopic (exact) mass is 350 g/mol. The van der Waals surface area contributed by atoms with E-state index in [9.17, 15) is 19.2 Å². The number of fused-ring (bicyclic) bond motifs is 1. The molecule has 0 aromatic heterocycles. The molecule has 2 aliphatic heterocycles. The first-order valence-electron chi connectivity index (χ1n) is 9.32. The van der Waals surface area contributed by atoms with Gasteiger partial charge in [-0.15, -0.1) is 0 Å². The van der Waals surface area contributed by atoms with Crippen LogP contribution in [0.15, 0.2) is 0 Å².